The number of anilines is 2. The van der Waals surface area contributed by atoms with Crippen molar-refractivity contribution >= 4 is 21.2 Å². The number of hydrogen-bond acceptors (Lipinski definition) is 4. The van der Waals surface area contributed by atoms with Gasteiger partial charge in [0.25, 0.3) is 0 Å². The lowest BCUT2D eigenvalue weighted by atomic mass is 10.1. The highest BCUT2D eigenvalue weighted by Crippen LogP contribution is 2.41. The zero-order chi connectivity index (χ0) is 16.8. The minimum absolute atomic E-state index is 0.169. The lowest BCUT2D eigenvalue weighted by Gasteiger charge is -2.29. The third-order valence-electron chi connectivity index (χ3n) is 3.93. The van der Waals surface area contributed by atoms with Crippen LogP contribution < -0.4 is 4.90 Å². The van der Waals surface area contributed by atoms with E-state index in [2.05, 4.69) is 0 Å². The van der Waals surface area contributed by atoms with Crippen molar-refractivity contribution in [3.05, 3.63) is 64.2 Å². The number of nitriles is 1. The van der Waals surface area contributed by atoms with Gasteiger partial charge in [-0.25, -0.2) is 8.42 Å². The van der Waals surface area contributed by atoms with Crippen LogP contribution in [0.2, 0.25) is 0 Å². The van der Waals surface area contributed by atoms with Gasteiger partial charge in [0.2, 0.25) is 9.84 Å². The molecule has 0 radical (unpaired) electrons. The van der Waals surface area contributed by atoms with Crippen molar-refractivity contribution in [3.63, 3.8) is 0 Å². The summed E-state index contributed by atoms with van der Waals surface area (Å²) in [5.41, 5.74) is 4.50. The Morgan fingerprint density at radius 3 is 2.22 bits per heavy atom. The van der Waals surface area contributed by atoms with Gasteiger partial charge >= 0.3 is 0 Å². The van der Waals surface area contributed by atoms with E-state index >= 15 is 0 Å². The minimum atomic E-state index is -3.76. The van der Waals surface area contributed by atoms with Crippen molar-refractivity contribution in [2.75, 3.05) is 4.90 Å². The van der Waals surface area contributed by atoms with E-state index in [0.29, 0.717) is 5.69 Å². The molecule has 1 heterocycles. The molecule has 0 amide bonds. The van der Waals surface area contributed by atoms with Crippen LogP contribution in [-0.2, 0) is 9.84 Å². The number of hydrogen-bond donors (Lipinski definition) is 0. The maximum atomic E-state index is 12.6. The molecule has 0 fully saturated rings. The Morgan fingerprint density at radius 1 is 0.957 bits per heavy atom. The zero-order valence-electron chi connectivity index (χ0n) is 13.2. The molecule has 23 heavy (non-hydrogen) atoms. The molecule has 0 unspecified atom stereocenters. The summed E-state index contributed by atoms with van der Waals surface area (Å²) in [7, 11) is -3.76. The second-order valence-electron chi connectivity index (χ2n) is 5.74. The van der Waals surface area contributed by atoms with E-state index in [-0.39, 0.29) is 9.80 Å². The van der Waals surface area contributed by atoms with Gasteiger partial charge in [0, 0.05) is 11.9 Å². The van der Waals surface area contributed by atoms with Crippen LogP contribution in [0, 0.1) is 32.1 Å². The van der Waals surface area contributed by atoms with E-state index in [9.17, 15) is 13.7 Å². The molecule has 0 atom stereocenters. The second kappa shape index (κ2) is 5.25. The molecule has 3 rings (SSSR count). The number of nitrogens with zero attached hydrogens (tertiary/aromatic N) is 2. The Balaban J connectivity index is 2.36. The zero-order valence-corrected chi connectivity index (χ0v) is 14.0. The average molecular weight is 324 g/mol. The van der Waals surface area contributed by atoms with Crippen molar-refractivity contribution in [1.29, 1.82) is 5.26 Å². The van der Waals surface area contributed by atoms with E-state index in [4.69, 9.17) is 0 Å². The summed E-state index contributed by atoms with van der Waals surface area (Å²) in [5.74, 6) is 0. The molecule has 0 N–H and O–H groups in total. The maximum absolute atomic E-state index is 12.6. The molecule has 0 aliphatic carbocycles. The molecule has 5 heteroatoms. The van der Waals surface area contributed by atoms with Crippen LogP contribution in [0.3, 0.4) is 0 Å². The highest BCUT2D eigenvalue weighted by Gasteiger charge is 2.32. The largest absolute Gasteiger partial charge is 0.314 e. The summed E-state index contributed by atoms with van der Waals surface area (Å²) < 4.78 is 25.1. The Bertz CT molecular complexity index is 983. The lowest BCUT2D eigenvalue weighted by molar-refractivity contribution is 0.602. The highest BCUT2D eigenvalue weighted by molar-refractivity contribution is 7.95. The van der Waals surface area contributed by atoms with Gasteiger partial charge in [0.1, 0.15) is 6.07 Å². The van der Waals surface area contributed by atoms with Crippen LogP contribution >= 0.6 is 0 Å². The van der Waals surface area contributed by atoms with E-state index in [1.54, 1.807) is 17.0 Å². The van der Waals surface area contributed by atoms with Gasteiger partial charge in [-0.1, -0.05) is 18.2 Å². The summed E-state index contributed by atoms with van der Waals surface area (Å²) in [6, 6.07) is 13.0. The molecule has 2 aromatic rings. The van der Waals surface area contributed by atoms with Crippen LogP contribution in [0.15, 0.2) is 52.4 Å². The summed E-state index contributed by atoms with van der Waals surface area (Å²) >= 11 is 0. The molecular weight excluding hydrogens is 308 g/mol. The normalized spacial score (nSPS) is 15.6. The monoisotopic (exact) mass is 324 g/mol. The Hall–Kier alpha value is -2.58. The Kier molecular flexibility index (Phi) is 3.50. The number of fused-ring (bicyclic) bond motifs is 1. The number of rotatable bonds is 1. The summed E-state index contributed by atoms with van der Waals surface area (Å²) in [6.45, 7) is 5.86. The first kappa shape index (κ1) is 15.3. The Labute approximate surface area is 136 Å². The minimum Gasteiger partial charge on any atom is -0.314 e. The fourth-order valence-electron chi connectivity index (χ4n) is 2.68. The fraction of sp³-hybridized carbons (Fsp3) is 0.167. The molecule has 1 aliphatic rings. The van der Waals surface area contributed by atoms with Gasteiger partial charge < -0.3 is 4.90 Å². The SMILES string of the molecule is Cc1ccc(C)c(N2C=C(C#N)S(=O)(=O)c3ccc(C)cc32)c1. The van der Waals surface area contributed by atoms with E-state index in [0.717, 1.165) is 22.4 Å². The van der Waals surface area contributed by atoms with Crippen LogP contribution in [0.25, 0.3) is 0 Å². The molecule has 1 aliphatic heterocycles. The molecular formula is C18H16N2O2S. The first-order valence-electron chi connectivity index (χ1n) is 7.19. The van der Waals surface area contributed by atoms with E-state index in [1.165, 1.54) is 6.20 Å². The van der Waals surface area contributed by atoms with Gasteiger partial charge in [0.05, 0.1) is 10.6 Å². The van der Waals surface area contributed by atoms with Crippen molar-refractivity contribution in [2.45, 2.75) is 25.7 Å². The predicted molar refractivity (Wildman–Crippen MR) is 90.1 cm³/mol. The van der Waals surface area contributed by atoms with Crippen LogP contribution in [0.1, 0.15) is 16.7 Å². The number of allylic oxidation sites excluding steroid dienone is 1. The first-order chi connectivity index (χ1) is 10.8. The number of benzene rings is 2. The number of sulfone groups is 1. The topological polar surface area (TPSA) is 61.2 Å². The molecule has 2 aromatic carbocycles. The van der Waals surface area contributed by atoms with Gasteiger partial charge in [-0.05, 0) is 55.7 Å². The second-order valence-corrected chi connectivity index (χ2v) is 7.63. The smallest absolute Gasteiger partial charge is 0.220 e. The molecule has 0 saturated heterocycles. The average Bonchev–Trinajstić information content (AvgIpc) is 2.50. The third-order valence-corrected chi connectivity index (χ3v) is 5.63. The molecule has 4 nitrogen and oxygen atoms in total. The maximum Gasteiger partial charge on any atom is 0.220 e. The molecule has 116 valence electrons. The quantitative estimate of drug-likeness (QED) is 0.798. The van der Waals surface area contributed by atoms with Gasteiger partial charge in [-0.2, -0.15) is 5.26 Å². The van der Waals surface area contributed by atoms with Crippen molar-refractivity contribution < 1.29 is 8.42 Å². The lowest BCUT2D eigenvalue weighted by Crippen LogP contribution is -2.22. The van der Waals surface area contributed by atoms with Gasteiger partial charge in [0.15, 0.2) is 4.91 Å². The van der Waals surface area contributed by atoms with Crippen molar-refractivity contribution in [2.24, 2.45) is 0 Å². The fourth-order valence-corrected chi connectivity index (χ4v) is 3.97. The summed E-state index contributed by atoms with van der Waals surface area (Å²) in [4.78, 5) is 1.72. The third kappa shape index (κ3) is 2.41. The predicted octanol–water partition coefficient (Wildman–Crippen LogP) is 3.90. The highest BCUT2D eigenvalue weighted by atomic mass is 32.2. The van der Waals surface area contributed by atoms with Crippen molar-refractivity contribution in [1.82, 2.24) is 0 Å². The van der Waals surface area contributed by atoms with Crippen LogP contribution in [0.5, 0.6) is 0 Å². The first-order valence-corrected chi connectivity index (χ1v) is 8.67. The van der Waals surface area contributed by atoms with E-state index in [1.807, 2.05) is 51.1 Å². The molecule has 0 aromatic heterocycles. The Morgan fingerprint density at radius 2 is 1.57 bits per heavy atom. The summed E-state index contributed by atoms with van der Waals surface area (Å²) in [5, 5.41) is 9.27. The molecule has 0 bridgehead atoms. The summed E-state index contributed by atoms with van der Waals surface area (Å²) in [6.07, 6.45) is 1.42. The van der Waals surface area contributed by atoms with Gasteiger partial charge in [-0.15, -0.1) is 0 Å². The molecule has 0 spiro atoms. The number of aryl methyl sites for hydroxylation is 3. The van der Waals surface area contributed by atoms with Crippen molar-refractivity contribution in [3.8, 4) is 6.07 Å². The van der Waals surface area contributed by atoms with Crippen LogP contribution in [-0.4, -0.2) is 8.42 Å². The standard InChI is InChI=1S/C18H16N2O2S/c1-12-4-6-14(3)16(8-12)20-11-15(10-19)23(21,22)18-7-5-13(2)9-17(18)20/h4-9,11H,1-3H3. The van der Waals surface area contributed by atoms with Gasteiger partial charge in [-0.3, -0.25) is 0 Å². The van der Waals surface area contributed by atoms with Crippen LogP contribution in [0.4, 0.5) is 11.4 Å². The van der Waals surface area contributed by atoms with E-state index < -0.39 is 9.84 Å². The molecule has 0 saturated carbocycles.